The maximum absolute atomic E-state index is 11.4. The first kappa shape index (κ1) is 15.1. The number of aromatic nitrogens is 1. The highest BCUT2D eigenvalue weighted by atomic mass is 16.5. The van der Waals surface area contributed by atoms with Crippen molar-refractivity contribution in [1.29, 1.82) is 0 Å². The number of aliphatic hydroxyl groups is 1. The summed E-state index contributed by atoms with van der Waals surface area (Å²) in [6.45, 7) is 0.895. The first-order chi connectivity index (χ1) is 9.24. The molecule has 0 aromatic carbocycles. The lowest BCUT2D eigenvalue weighted by Gasteiger charge is -2.06. The fraction of sp³-hybridized carbons (Fsp3) is 0.417. The van der Waals surface area contributed by atoms with Gasteiger partial charge in [-0.15, -0.1) is 0 Å². The van der Waals surface area contributed by atoms with E-state index in [-0.39, 0.29) is 32.9 Å². The summed E-state index contributed by atoms with van der Waals surface area (Å²) >= 11 is 0. The molecule has 0 unspecified atom stereocenters. The third kappa shape index (κ3) is 6.49. The van der Waals surface area contributed by atoms with Crippen molar-refractivity contribution in [3.05, 3.63) is 30.1 Å². The first-order valence-corrected chi connectivity index (χ1v) is 5.87. The highest BCUT2D eigenvalue weighted by molar-refractivity contribution is 6.35. The molecular weight excluding hydrogens is 250 g/mol. The van der Waals surface area contributed by atoms with Crippen molar-refractivity contribution < 1.29 is 19.4 Å². The SMILES string of the molecule is O=C(NCCOCCO)C(=O)NCc1ccncc1. The molecular formula is C12H17N3O4. The second-order valence-corrected chi connectivity index (χ2v) is 3.63. The standard InChI is InChI=1S/C12H17N3O4/c16-6-8-19-7-5-14-11(17)12(18)15-9-10-1-3-13-4-2-10/h1-4,16H,5-9H2,(H,14,17)(H,15,18). The fourth-order valence-corrected chi connectivity index (χ4v) is 1.25. The van der Waals surface area contributed by atoms with Gasteiger partial charge in [0.15, 0.2) is 0 Å². The minimum Gasteiger partial charge on any atom is -0.394 e. The zero-order chi connectivity index (χ0) is 13.9. The average molecular weight is 267 g/mol. The Hall–Kier alpha value is -1.99. The molecule has 19 heavy (non-hydrogen) atoms. The summed E-state index contributed by atoms with van der Waals surface area (Å²) in [4.78, 5) is 26.6. The molecule has 0 fully saturated rings. The molecule has 0 aliphatic rings. The summed E-state index contributed by atoms with van der Waals surface area (Å²) in [5.41, 5.74) is 0.863. The van der Waals surface area contributed by atoms with Crippen LogP contribution in [0, 0.1) is 0 Å². The minimum absolute atomic E-state index is 0.0691. The molecule has 0 spiro atoms. The van der Waals surface area contributed by atoms with Gasteiger partial charge in [0.1, 0.15) is 0 Å². The second kappa shape index (κ2) is 9.01. The number of nitrogens with one attached hydrogen (secondary N) is 2. The minimum atomic E-state index is -0.707. The summed E-state index contributed by atoms with van der Waals surface area (Å²) in [6.07, 6.45) is 3.22. The van der Waals surface area contributed by atoms with Crippen LogP contribution in [0.3, 0.4) is 0 Å². The van der Waals surface area contributed by atoms with Crippen LogP contribution in [-0.4, -0.2) is 48.3 Å². The van der Waals surface area contributed by atoms with Gasteiger partial charge in [0, 0.05) is 25.5 Å². The van der Waals surface area contributed by atoms with Crippen LogP contribution in [0.15, 0.2) is 24.5 Å². The maximum atomic E-state index is 11.4. The quantitative estimate of drug-likeness (QED) is 0.426. The Kier molecular flexibility index (Phi) is 7.14. The van der Waals surface area contributed by atoms with Gasteiger partial charge >= 0.3 is 11.8 Å². The van der Waals surface area contributed by atoms with Crippen molar-refractivity contribution in [3.8, 4) is 0 Å². The number of hydrogen-bond donors (Lipinski definition) is 3. The molecule has 1 aromatic heterocycles. The average Bonchev–Trinajstić information content (AvgIpc) is 2.45. The number of aliphatic hydroxyl groups excluding tert-OH is 1. The van der Waals surface area contributed by atoms with E-state index < -0.39 is 11.8 Å². The number of pyridine rings is 1. The molecule has 0 saturated heterocycles. The van der Waals surface area contributed by atoms with Crippen LogP contribution in [0.25, 0.3) is 0 Å². The highest BCUT2D eigenvalue weighted by Crippen LogP contribution is 1.94. The Morgan fingerprint density at radius 2 is 1.84 bits per heavy atom. The molecule has 1 aromatic rings. The molecule has 7 nitrogen and oxygen atoms in total. The van der Waals surface area contributed by atoms with E-state index in [4.69, 9.17) is 9.84 Å². The molecule has 0 saturated carbocycles. The van der Waals surface area contributed by atoms with Crippen molar-refractivity contribution in [2.75, 3.05) is 26.4 Å². The summed E-state index contributed by atoms with van der Waals surface area (Å²) < 4.78 is 4.94. The third-order valence-electron chi connectivity index (χ3n) is 2.18. The molecule has 0 aliphatic heterocycles. The molecule has 0 atom stereocenters. The van der Waals surface area contributed by atoms with Gasteiger partial charge in [0.2, 0.25) is 0 Å². The lowest BCUT2D eigenvalue weighted by molar-refractivity contribution is -0.139. The Balaban J connectivity index is 2.16. The van der Waals surface area contributed by atoms with Crippen LogP contribution in [0.4, 0.5) is 0 Å². The third-order valence-corrected chi connectivity index (χ3v) is 2.18. The summed E-state index contributed by atoms with van der Waals surface area (Å²) in [6, 6.07) is 3.50. The van der Waals surface area contributed by atoms with Crippen molar-refractivity contribution in [2.45, 2.75) is 6.54 Å². The van der Waals surface area contributed by atoms with Gasteiger partial charge in [-0.05, 0) is 17.7 Å². The number of rotatable bonds is 7. The van der Waals surface area contributed by atoms with E-state index in [9.17, 15) is 9.59 Å². The molecule has 0 radical (unpaired) electrons. The molecule has 104 valence electrons. The van der Waals surface area contributed by atoms with Crippen LogP contribution in [0.1, 0.15) is 5.56 Å². The second-order valence-electron chi connectivity index (χ2n) is 3.63. The number of amides is 2. The molecule has 0 bridgehead atoms. The molecule has 1 rings (SSSR count). The van der Waals surface area contributed by atoms with E-state index in [0.29, 0.717) is 0 Å². The monoisotopic (exact) mass is 267 g/mol. The van der Waals surface area contributed by atoms with Gasteiger partial charge in [-0.1, -0.05) is 0 Å². The first-order valence-electron chi connectivity index (χ1n) is 5.87. The Morgan fingerprint density at radius 1 is 1.16 bits per heavy atom. The number of hydrogen-bond acceptors (Lipinski definition) is 5. The van der Waals surface area contributed by atoms with E-state index in [2.05, 4.69) is 15.6 Å². The summed E-state index contributed by atoms with van der Waals surface area (Å²) in [5, 5.41) is 13.4. The molecule has 3 N–H and O–H groups in total. The van der Waals surface area contributed by atoms with Crippen molar-refractivity contribution >= 4 is 11.8 Å². The van der Waals surface area contributed by atoms with Crippen LogP contribution in [0.2, 0.25) is 0 Å². The van der Waals surface area contributed by atoms with Gasteiger partial charge in [-0.25, -0.2) is 0 Å². The maximum Gasteiger partial charge on any atom is 0.309 e. The van der Waals surface area contributed by atoms with Crippen molar-refractivity contribution in [3.63, 3.8) is 0 Å². The van der Waals surface area contributed by atoms with Crippen LogP contribution >= 0.6 is 0 Å². The molecule has 1 heterocycles. The lowest BCUT2D eigenvalue weighted by atomic mass is 10.3. The van der Waals surface area contributed by atoms with Gasteiger partial charge in [0.05, 0.1) is 19.8 Å². The van der Waals surface area contributed by atoms with Gasteiger partial charge in [-0.2, -0.15) is 0 Å². The fourth-order valence-electron chi connectivity index (χ4n) is 1.25. The van der Waals surface area contributed by atoms with Crippen LogP contribution in [0.5, 0.6) is 0 Å². The van der Waals surface area contributed by atoms with E-state index in [1.807, 2.05) is 0 Å². The smallest absolute Gasteiger partial charge is 0.309 e. The van der Waals surface area contributed by atoms with E-state index in [1.54, 1.807) is 24.5 Å². The Morgan fingerprint density at radius 3 is 2.53 bits per heavy atom. The number of nitrogens with zero attached hydrogens (tertiary/aromatic N) is 1. The topological polar surface area (TPSA) is 101 Å². The van der Waals surface area contributed by atoms with Gasteiger partial charge in [0.25, 0.3) is 0 Å². The molecule has 2 amide bonds. The normalized spacial score (nSPS) is 9.95. The zero-order valence-corrected chi connectivity index (χ0v) is 10.5. The van der Waals surface area contributed by atoms with E-state index >= 15 is 0 Å². The van der Waals surface area contributed by atoms with E-state index in [0.717, 1.165) is 5.56 Å². The number of carbonyl (C=O) groups excluding carboxylic acids is 2. The number of carbonyl (C=O) groups is 2. The van der Waals surface area contributed by atoms with Crippen molar-refractivity contribution in [1.82, 2.24) is 15.6 Å². The Labute approximate surface area is 111 Å². The molecule has 7 heteroatoms. The highest BCUT2D eigenvalue weighted by Gasteiger charge is 2.11. The predicted molar refractivity (Wildman–Crippen MR) is 67.0 cm³/mol. The predicted octanol–water partition coefficient (Wildman–Crippen LogP) is -1.18. The Bertz CT molecular complexity index is 397. The van der Waals surface area contributed by atoms with E-state index in [1.165, 1.54) is 0 Å². The largest absolute Gasteiger partial charge is 0.394 e. The summed E-state index contributed by atoms with van der Waals surface area (Å²) in [7, 11) is 0. The van der Waals surface area contributed by atoms with Crippen LogP contribution < -0.4 is 10.6 Å². The lowest BCUT2D eigenvalue weighted by Crippen LogP contribution is -2.40. The summed E-state index contributed by atoms with van der Waals surface area (Å²) in [5.74, 6) is -1.40. The van der Waals surface area contributed by atoms with Crippen LogP contribution in [-0.2, 0) is 20.9 Å². The number of ether oxygens (including phenoxy) is 1. The zero-order valence-electron chi connectivity index (χ0n) is 10.5. The molecule has 0 aliphatic carbocycles. The van der Waals surface area contributed by atoms with Gasteiger partial charge < -0.3 is 20.5 Å². The van der Waals surface area contributed by atoms with Crippen molar-refractivity contribution in [2.24, 2.45) is 0 Å². The van der Waals surface area contributed by atoms with Gasteiger partial charge in [-0.3, -0.25) is 14.6 Å².